The van der Waals surface area contributed by atoms with Gasteiger partial charge in [-0.3, -0.25) is 14.2 Å². The standard InChI is InChI=1S/C16H18N4O3/c1-19-15(22)13-10-3-2-4-12(21)11(10)9-17-14(13)18-16(19)20-5-7-23-8-6-20/h9H,2-8H2,1H3. The van der Waals surface area contributed by atoms with E-state index in [9.17, 15) is 9.59 Å². The molecule has 7 heteroatoms. The van der Waals surface area contributed by atoms with E-state index in [1.54, 1.807) is 17.8 Å². The van der Waals surface area contributed by atoms with Crippen LogP contribution in [-0.4, -0.2) is 46.6 Å². The number of hydrogen-bond acceptors (Lipinski definition) is 6. The predicted molar refractivity (Wildman–Crippen MR) is 85.1 cm³/mol. The highest BCUT2D eigenvalue weighted by Gasteiger charge is 2.24. The third-order valence-corrected chi connectivity index (χ3v) is 4.62. The average Bonchev–Trinajstić information content (AvgIpc) is 2.58. The Morgan fingerprint density at radius 3 is 2.74 bits per heavy atom. The maximum Gasteiger partial charge on any atom is 0.264 e. The van der Waals surface area contributed by atoms with Crippen molar-refractivity contribution in [3.05, 3.63) is 27.7 Å². The van der Waals surface area contributed by atoms with Crippen LogP contribution in [0.1, 0.15) is 28.8 Å². The van der Waals surface area contributed by atoms with Gasteiger partial charge in [0.2, 0.25) is 5.95 Å². The van der Waals surface area contributed by atoms with Gasteiger partial charge in [-0.15, -0.1) is 0 Å². The second-order valence-corrected chi connectivity index (χ2v) is 6.00. The Hall–Kier alpha value is -2.28. The van der Waals surface area contributed by atoms with E-state index in [2.05, 4.69) is 9.97 Å². The SMILES string of the molecule is Cn1c(N2CCOCC2)nc2ncc3c(c2c1=O)CCCC3=O. The minimum Gasteiger partial charge on any atom is -0.378 e. The minimum absolute atomic E-state index is 0.0694. The van der Waals surface area contributed by atoms with Gasteiger partial charge in [-0.05, 0) is 18.4 Å². The topological polar surface area (TPSA) is 77.3 Å². The lowest BCUT2D eigenvalue weighted by molar-refractivity contribution is 0.0972. The molecule has 1 aliphatic carbocycles. The number of fused-ring (bicyclic) bond motifs is 3. The summed E-state index contributed by atoms with van der Waals surface area (Å²) in [7, 11) is 1.73. The van der Waals surface area contributed by atoms with Gasteiger partial charge in [-0.25, -0.2) is 4.98 Å². The zero-order valence-electron chi connectivity index (χ0n) is 13.0. The second kappa shape index (κ2) is 5.42. The lowest BCUT2D eigenvalue weighted by Gasteiger charge is -2.29. The number of carbonyl (C=O) groups excluding carboxylic acids is 1. The molecule has 2 aromatic rings. The maximum absolute atomic E-state index is 12.9. The van der Waals surface area contributed by atoms with Crippen molar-refractivity contribution < 1.29 is 9.53 Å². The molecule has 0 unspecified atom stereocenters. The van der Waals surface area contributed by atoms with Crippen LogP contribution in [-0.2, 0) is 18.2 Å². The first kappa shape index (κ1) is 14.3. The number of hydrogen-bond donors (Lipinski definition) is 0. The number of aromatic nitrogens is 3. The molecule has 120 valence electrons. The lowest BCUT2D eigenvalue weighted by atomic mass is 9.90. The largest absolute Gasteiger partial charge is 0.378 e. The molecule has 0 aromatic carbocycles. The highest BCUT2D eigenvalue weighted by molar-refractivity contribution is 6.02. The van der Waals surface area contributed by atoms with Crippen molar-refractivity contribution >= 4 is 22.8 Å². The molecule has 1 aliphatic heterocycles. The number of anilines is 1. The molecule has 7 nitrogen and oxygen atoms in total. The van der Waals surface area contributed by atoms with Crippen molar-refractivity contribution in [1.29, 1.82) is 0 Å². The summed E-state index contributed by atoms with van der Waals surface area (Å²) in [6.45, 7) is 2.66. The van der Waals surface area contributed by atoms with Gasteiger partial charge >= 0.3 is 0 Å². The van der Waals surface area contributed by atoms with E-state index in [-0.39, 0.29) is 11.3 Å². The van der Waals surface area contributed by atoms with Crippen LogP contribution >= 0.6 is 0 Å². The molecule has 23 heavy (non-hydrogen) atoms. The van der Waals surface area contributed by atoms with Gasteiger partial charge in [-0.2, -0.15) is 4.98 Å². The highest BCUT2D eigenvalue weighted by Crippen LogP contribution is 2.26. The van der Waals surface area contributed by atoms with Crippen molar-refractivity contribution in [1.82, 2.24) is 14.5 Å². The van der Waals surface area contributed by atoms with Crippen LogP contribution in [0.4, 0.5) is 5.95 Å². The average molecular weight is 314 g/mol. The summed E-state index contributed by atoms with van der Waals surface area (Å²) in [5.41, 5.74) is 1.70. The molecule has 2 aliphatic rings. The van der Waals surface area contributed by atoms with E-state index in [0.29, 0.717) is 55.3 Å². The Morgan fingerprint density at radius 2 is 1.96 bits per heavy atom. The number of morpholine rings is 1. The van der Waals surface area contributed by atoms with Crippen molar-refractivity contribution in [3.8, 4) is 0 Å². The van der Waals surface area contributed by atoms with Crippen LogP contribution in [0.3, 0.4) is 0 Å². The molecule has 0 bridgehead atoms. The third-order valence-electron chi connectivity index (χ3n) is 4.62. The molecule has 1 fully saturated rings. The van der Waals surface area contributed by atoms with E-state index >= 15 is 0 Å². The summed E-state index contributed by atoms with van der Waals surface area (Å²) >= 11 is 0. The fourth-order valence-electron chi connectivity index (χ4n) is 3.38. The highest BCUT2D eigenvalue weighted by atomic mass is 16.5. The lowest BCUT2D eigenvalue weighted by Crippen LogP contribution is -2.40. The first-order chi connectivity index (χ1) is 11.2. The fourth-order valence-corrected chi connectivity index (χ4v) is 3.38. The van der Waals surface area contributed by atoms with Crippen molar-refractivity contribution in [2.24, 2.45) is 7.05 Å². The summed E-state index contributed by atoms with van der Waals surface area (Å²) in [5.74, 6) is 0.681. The van der Waals surface area contributed by atoms with Gasteiger partial charge in [0.1, 0.15) is 0 Å². The van der Waals surface area contributed by atoms with Gasteiger partial charge in [0.15, 0.2) is 11.4 Å². The smallest absolute Gasteiger partial charge is 0.264 e. The molecule has 0 spiro atoms. The predicted octanol–water partition coefficient (Wildman–Crippen LogP) is 0.684. The first-order valence-electron chi connectivity index (χ1n) is 7.91. The zero-order valence-corrected chi connectivity index (χ0v) is 13.0. The molecular weight excluding hydrogens is 296 g/mol. The van der Waals surface area contributed by atoms with Crippen LogP contribution < -0.4 is 10.5 Å². The molecule has 2 aromatic heterocycles. The van der Waals surface area contributed by atoms with Crippen molar-refractivity contribution in [2.45, 2.75) is 19.3 Å². The number of carbonyl (C=O) groups is 1. The second-order valence-electron chi connectivity index (χ2n) is 6.00. The normalized spacial score (nSPS) is 18.3. The van der Waals surface area contributed by atoms with Crippen molar-refractivity contribution in [2.75, 3.05) is 31.2 Å². The van der Waals surface area contributed by atoms with E-state index in [1.165, 1.54) is 0 Å². The maximum atomic E-state index is 12.9. The molecular formula is C16H18N4O3. The molecule has 0 atom stereocenters. The summed E-state index contributed by atoms with van der Waals surface area (Å²) in [6, 6.07) is 0. The van der Waals surface area contributed by atoms with E-state index in [1.807, 2.05) is 4.90 Å². The number of nitrogens with zero attached hydrogens (tertiary/aromatic N) is 4. The molecule has 0 amide bonds. The number of ketones is 1. The van der Waals surface area contributed by atoms with Crippen LogP contribution in [0, 0.1) is 0 Å². The quantitative estimate of drug-likeness (QED) is 0.770. The summed E-state index contributed by atoms with van der Waals surface area (Å²) < 4.78 is 6.92. The molecule has 1 saturated heterocycles. The van der Waals surface area contributed by atoms with Crippen LogP contribution in [0.25, 0.3) is 11.0 Å². The Morgan fingerprint density at radius 1 is 1.17 bits per heavy atom. The molecule has 3 heterocycles. The fraction of sp³-hybridized carbons (Fsp3) is 0.500. The zero-order chi connectivity index (χ0) is 16.0. The molecule has 4 rings (SSSR count). The van der Waals surface area contributed by atoms with Crippen molar-refractivity contribution in [3.63, 3.8) is 0 Å². The summed E-state index contributed by atoms with van der Waals surface area (Å²) in [6.07, 6.45) is 3.61. The third kappa shape index (κ3) is 2.23. The van der Waals surface area contributed by atoms with Crippen LogP contribution in [0.2, 0.25) is 0 Å². The molecule has 0 saturated carbocycles. The Balaban J connectivity index is 1.94. The summed E-state index contributed by atoms with van der Waals surface area (Å²) in [5, 5.41) is 0.495. The Bertz CT molecular complexity index is 853. The molecule has 0 radical (unpaired) electrons. The van der Waals surface area contributed by atoms with Gasteiger partial charge in [0.05, 0.1) is 18.6 Å². The van der Waals surface area contributed by atoms with Gasteiger partial charge in [-0.1, -0.05) is 0 Å². The van der Waals surface area contributed by atoms with Gasteiger partial charge in [0, 0.05) is 38.3 Å². The van der Waals surface area contributed by atoms with E-state index in [4.69, 9.17) is 4.74 Å². The number of aryl methyl sites for hydroxylation is 1. The van der Waals surface area contributed by atoms with E-state index < -0.39 is 0 Å². The number of rotatable bonds is 1. The first-order valence-corrected chi connectivity index (χ1v) is 7.91. The van der Waals surface area contributed by atoms with Crippen LogP contribution in [0.15, 0.2) is 11.0 Å². The van der Waals surface area contributed by atoms with Gasteiger partial charge < -0.3 is 9.64 Å². The Kier molecular flexibility index (Phi) is 3.37. The number of Topliss-reactive ketones (excluding diaryl/α,β-unsaturated/α-hetero) is 1. The number of ether oxygens (including phenoxy) is 1. The minimum atomic E-state index is -0.129. The Labute approximate surface area is 132 Å². The number of pyridine rings is 1. The monoisotopic (exact) mass is 314 g/mol. The summed E-state index contributed by atoms with van der Waals surface area (Å²) in [4.78, 5) is 35.9. The van der Waals surface area contributed by atoms with Gasteiger partial charge in [0.25, 0.3) is 5.56 Å². The van der Waals surface area contributed by atoms with E-state index in [0.717, 1.165) is 18.4 Å². The molecule has 0 N–H and O–H groups in total. The van der Waals surface area contributed by atoms with Crippen LogP contribution in [0.5, 0.6) is 0 Å².